The topological polar surface area (TPSA) is 15.3 Å². The predicted octanol–water partition coefficient (Wildman–Crippen LogP) is 3.97. The number of hydrogen-bond donors (Lipinski definition) is 1. The van der Waals surface area contributed by atoms with Gasteiger partial charge in [0.2, 0.25) is 0 Å². The van der Waals surface area contributed by atoms with Crippen LogP contribution in [0.4, 0.5) is 0 Å². The van der Waals surface area contributed by atoms with E-state index in [-0.39, 0.29) is 0 Å². The van der Waals surface area contributed by atoms with E-state index in [1.54, 1.807) is 0 Å². The summed E-state index contributed by atoms with van der Waals surface area (Å²) in [5.41, 5.74) is 1.43. The first kappa shape index (κ1) is 14.6. The Labute approximate surface area is 128 Å². The van der Waals surface area contributed by atoms with Crippen LogP contribution in [0.15, 0.2) is 42.5 Å². The number of fused-ring (bicyclic) bond motifs is 1. The Kier molecular flexibility index (Phi) is 4.57. The molecule has 0 saturated carbocycles. The average molecular weight is 282 g/mol. The second-order valence-electron chi connectivity index (χ2n) is 6.11. The van der Waals surface area contributed by atoms with Gasteiger partial charge in [-0.05, 0) is 55.3 Å². The van der Waals surface area contributed by atoms with E-state index >= 15 is 0 Å². The highest BCUT2D eigenvalue weighted by Crippen LogP contribution is 2.27. The van der Waals surface area contributed by atoms with Crippen LogP contribution in [0.3, 0.4) is 0 Å². The molecule has 0 radical (unpaired) electrons. The minimum absolute atomic E-state index is 0.476. The Bertz CT molecular complexity index is 587. The highest BCUT2D eigenvalue weighted by Gasteiger charge is 2.24. The number of benzene rings is 2. The van der Waals surface area contributed by atoms with Crippen LogP contribution in [0.2, 0.25) is 0 Å². The Hall–Kier alpha value is -1.38. The van der Waals surface area contributed by atoms with Crippen molar-refractivity contribution < 1.29 is 0 Å². The van der Waals surface area contributed by atoms with E-state index in [0.717, 1.165) is 13.1 Å². The van der Waals surface area contributed by atoms with Crippen molar-refractivity contribution >= 4 is 10.8 Å². The standard InChI is InChI=1S/C19H26N2/c1-3-21(19-9-6-12-20-14-19)15(2)17-11-10-16-7-4-5-8-18(16)13-17/h4-5,7-8,10-11,13,15,19-20H,3,6,9,12,14H2,1-2H3. The molecule has 1 aliphatic rings. The van der Waals surface area contributed by atoms with E-state index < -0.39 is 0 Å². The first-order chi connectivity index (χ1) is 10.3. The fourth-order valence-electron chi connectivity index (χ4n) is 3.62. The van der Waals surface area contributed by atoms with Crippen LogP contribution in [0.1, 0.15) is 38.3 Å². The first-order valence-electron chi connectivity index (χ1n) is 8.24. The molecule has 2 unspecified atom stereocenters. The van der Waals surface area contributed by atoms with Crippen LogP contribution in [-0.2, 0) is 0 Å². The summed E-state index contributed by atoms with van der Waals surface area (Å²) < 4.78 is 0. The summed E-state index contributed by atoms with van der Waals surface area (Å²) in [6, 6.07) is 16.7. The van der Waals surface area contributed by atoms with Crippen molar-refractivity contribution in [3.05, 3.63) is 48.0 Å². The number of nitrogens with zero attached hydrogens (tertiary/aromatic N) is 1. The number of rotatable bonds is 4. The Morgan fingerprint density at radius 1 is 1.19 bits per heavy atom. The first-order valence-corrected chi connectivity index (χ1v) is 8.24. The fourth-order valence-corrected chi connectivity index (χ4v) is 3.62. The average Bonchev–Trinajstić information content (AvgIpc) is 2.56. The van der Waals surface area contributed by atoms with E-state index in [1.165, 1.54) is 35.7 Å². The molecule has 1 saturated heterocycles. The molecule has 1 fully saturated rings. The minimum Gasteiger partial charge on any atom is -0.315 e. The van der Waals surface area contributed by atoms with Gasteiger partial charge in [0.05, 0.1) is 0 Å². The second kappa shape index (κ2) is 6.59. The normalized spacial score (nSPS) is 20.8. The van der Waals surface area contributed by atoms with Crippen molar-refractivity contribution in [3.8, 4) is 0 Å². The molecule has 1 heterocycles. The zero-order chi connectivity index (χ0) is 14.7. The van der Waals surface area contributed by atoms with Gasteiger partial charge in [0.25, 0.3) is 0 Å². The van der Waals surface area contributed by atoms with Crippen LogP contribution in [0, 0.1) is 0 Å². The molecule has 1 N–H and O–H groups in total. The SMILES string of the molecule is CCN(C1CCCNC1)C(C)c1ccc2ccccc2c1. The summed E-state index contributed by atoms with van der Waals surface area (Å²) in [6.45, 7) is 8.05. The lowest BCUT2D eigenvalue weighted by Gasteiger charge is -2.38. The molecular formula is C19H26N2. The summed E-state index contributed by atoms with van der Waals surface area (Å²) in [4.78, 5) is 2.65. The maximum atomic E-state index is 3.54. The smallest absolute Gasteiger partial charge is 0.0323 e. The molecule has 0 aliphatic carbocycles. The fraction of sp³-hybridized carbons (Fsp3) is 0.474. The molecule has 0 amide bonds. The van der Waals surface area contributed by atoms with E-state index in [9.17, 15) is 0 Å². The van der Waals surface area contributed by atoms with Crippen molar-refractivity contribution in [2.24, 2.45) is 0 Å². The molecule has 0 spiro atoms. The third-order valence-corrected chi connectivity index (χ3v) is 4.86. The molecule has 2 nitrogen and oxygen atoms in total. The van der Waals surface area contributed by atoms with Crippen LogP contribution in [-0.4, -0.2) is 30.6 Å². The minimum atomic E-state index is 0.476. The van der Waals surface area contributed by atoms with Crippen LogP contribution in [0.25, 0.3) is 10.8 Å². The zero-order valence-corrected chi connectivity index (χ0v) is 13.2. The van der Waals surface area contributed by atoms with Crippen molar-refractivity contribution in [1.82, 2.24) is 10.2 Å². The summed E-state index contributed by atoms with van der Waals surface area (Å²) in [5.74, 6) is 0. The highest BCUT2D eigenvalue weighted by atomic mass is 15.2. The van der Waals surface area contributed by atoms with E-state index in [1.807, 2.05) is 0 Å². The maximum absolute atomic E-state index is 3.54. The van der Waals surface area contributed by atoms with Gasteiger partial charge < -0.3 is 5.32 Å². The molecule has 2 aromatic carbocycles. The number of piperidine rings is 1. The molecule has 3 rings (SSSR count). The molecule has 0 bridgehead atoms. The van der Waals surface area contributed by atoms with Gasteiger partial charge in [0.15, 0.2) is 0 Å². The van der Waals surface area contributed by atoms with Gasteiger partial charge >= 0.3 is 0 Å². The Balaban J connectivity index is 1.84. The Morgan fingerprint density at radius 2 is 2.00 bits per heavy atom. The maximum Gasteiger partial charge on any atom is 0.0323 e. The van der Waals surface area contributed by atoms with Crippen molar-refractivity contribution in [3.63, 3.8) is 0 Å². The molecule has 2 heteroatoms. The molecular weight excluding hydrogens is 256 g/mol. The number of nitrogens with one attached hydrogen (secondary N) is 1. The van der Waals surface area contributed by atoms with Crippen molar-refractivity contribution in [2.75, 3.05) is 19.6 Å². The predicted molar refractivity (Wildman–Crippen MR) is 90.6 cm³/mol. The Morgan fingerprint density at radius 3 is 2.71 bits per heavy atom. The summed E-state index contributed by atoms with van der Waals surface area (Å²) in [7, 11) is 0. The summed E-state index contributed by atoms with van der Waals surface area (Å²) >= 11 is 0. The lowest BCUT2D eigenvalue weighted by molar-refractivity contribution is 0.128. The third-order valence-electron chi connectivity index (χ3n) is 4.86. The van der Waals surface area contributed by atoms with Crippen molar-refractivity contribution in [2.45, 2.75) is 38.8 Å². The van der Waals surface area contributed by atoms with Crippen LogP contribution < -0.4 is 5.32 Å². The second-order valence-corrected chi connectivity index (χ2v) is 6.11. The third kappa shape index (κ3) is 3.12. The van der Waals surface area contributed by atoms with Gasteiger partial charge in [0.1, 0.15) is 0 Å². The quantitative estimate of drug-likeness (QED) is 0.912. The highest BCUT2D eigenvalue weighted by molar-refractivity contribution is 5.83. The molecule has 112 valence electrons. The lowest BCUT2D eigenvalue weighted by Crippen LogP contribution is -2.46. The molecule has 1 aliphatic heterocycles. The van der Waals surface area contributed by atoms with Gasteiger partial charge in [-0.3, -0.25) is 4.90 Å². The number of likely N-dealkylation sites (N-methyl/N-ethyl adjacent to an activating group) is 1. The zero-order valence-electron chi connectivity index (χ0n) is 13.2. The summed E-state index contributed by atoms with van der Waals surface area (Å²) in [5, 5.41) is 6.22. The van der Waals surface area contributed by atoms with Crippen molar-refractivity contribution in [1.29, 1.82) is 0 Å². The summed E-state index contributed by atoms with van der Waals surface area (Å²) in [6.07, 6.45) is 2.62. The van der Waals surface area contributed by atoms with E-state index in [4.69, 9.17) is 0 Å². The monoisotopic (exact) mass is 282 g/mol. The largest absolute Gasteiger partial charge is 0.315 e. The lowest BCUT2D eigenvalue weighted by atomic mass is 9.98. The molecule has 21 heavy (non-hydrogen) atoms. The van der Waals surface area contributed by atoms with Gasteiger partial charge in [-0.15, -0.1) is 0 Å². The molecule has 0 aromatic heterocycles. The molecule has 2 aromatic rings. The van der Waals surface area contributed by atoms with E-state index in [0.29, 0.717) is 12.1 Å². The van der Waals surface area contributed by atoms with Gasteiger partial charge in [-0.25, -0.2) is 0 Å². The van der Waals surface area contributed by atoms with Gasteiger partial charge in [-0.1, -0.05) is 43.3 Å². The van der Waals surface area contributed by atoms with E-state index in [2.05, 4.69) is 66.5 Å². The number of hydrogen-bond acceptors (Lipinski definition) is 2. The van der Waals surface area contributed by atoms with Gasteiger partial charge in [0, 0.05) is 18.6 Å². The van der Waals surface area contributed by atoms with Crippen LogP contribution in [0.5, 0.6) is 0 Å². The van der Waals surface area contributed by atoms with Crippen LogP contribution >= 0.6 is 0 Å². The van der Waals surface area contributed by atoms with Gasteiger partial charge in [-0.2, -0.15) is 0 Å². The molecule has 2 atom stereocenters.